The molecule has 3 N–H and O–H groups in total. The fraction of sp³-hybridized carbons (Fsp3) is 0.182. The Morgan fingerprint density at radius 2 is 1.82 bits per heavy atom. The standard InChI is InChI=1S/C22H18F3N5O3S/c1-10-11(2)34-21(18(10)19(26)31)28-20(32)15-9-17-27-14(12-4-6-13(33-3)7-5-12)8-16(22(23,24)25)30(17)29-15/h4-9H,1-3H3,(H2,26,31)(H,28,32). The van der Waals surface area contributed by atoms with Crippen LogP contribution in [-0.2, 0) is 6.18 Å². The molecule has 0 aliphatic rings. The summed E-state index contributed by atoms with van der Waals surface area (Å²) >= 11 is 1.14. The molecule has 3 heterocycles. The van der Waals surface area contributed by atoms with Crippen molar-refractivity contribution in [3.05, 3.63) is 63.8 Å². The van der Waals surface area contributed by atoms with Gasteiger partial charge in [0.05, 0.1) is 18.4 Å². The minimum atomic E-state index is -4.76. The molecular formula is C22H18F3N5O3S. The number of ether oxygens (including phenoxy) is 1. The quantitative estimate of drug-likeness (QED) is 0.430. The summed E-state index contributed by atoms with van der Waals surface area (Å²) in [6.45, 7) is 3.44. The number of halogens is 3. The zero-order chi connectivity index (χ0) is 24.8. The minimum Gasteiger partial charge on any atom is -0.497 e. The fourth-order valence-corrected chi connectivity index (χ4v) is 4.44. The molecule has 176 valence electrons. The molecule has 0 radical (unpaired) electrons. The first-order valence-corrected chi connectivity index (χ1v) is 10.6. The normalized spacial score (nSPS) is 11.6. The third kappa shape index (κ3) is 4.19. The number of hydrogen-bond donors (Lipinski definition) is 2. The Hall–Kier alpha value is -3.93. The summed E-state index contributed by atoms with van der Waals surface area (Å²) in [5.74, 6) is -0.982. The van der Waals surface area contributed by atoms with Crippen molar-refractivity contribution in [3.63, 3.8) is 0 Å². The van der Waals surface area contributed by atoms with Crippen molar-refractivity contribution in [2.24, 2.45) is 5.73 Å². The Balaban J connectivity index is 1.78. The van der Waals surface area contributed by atoms with Crippen molar-refractivity contribution < 1.29 is 27.5 Å². The van der Waals surface area contributed by atoms with Gasteiger partial charge in [-0.2, -0.15) is 18.3 Å². The number of aromatic nitrogens is 3. The molecule has 8 nitrogen and oxygen atoms in total. The molecule has 3 aromatic heterocycles. The SMILES string of the molecule is COc1ccc(-c2cc(C(F)(F)F)n3nc(C(=O)Nc4sc(C)c(C)c4C(N)=O)cc3n2)cc1. The molecule has 4 aromatic rings. The van der Waals surface area contributed by atoms with Crippen LogP contribution in [0, 0.1) is 13.8 Å². The van der Waals surface area contributed by atoms with Crippen molar-refractivity contribution in [1.82, 2.24) is 14.6 Å². The first kappa shape index (κ1) is 23.2. The van der Waals surface area contributed by atoms with Gasteiger partial charge in [-0.15, -0.1) is 11.3 Å². The second kappa shape index (κ2) is 8.45. The number of methoxy groups -OCH3 is 1. The maximum Gasteiger partial charge on any atom is 0.433 e. The van der Waals surface area contributed by atoms with E-state index in [0.717, 1.165) is 28.3 Å². The summed E-state index contributed by atoms with van der Waals surface area (Å²) < 4.78 is 47.1. The van der Waals surface area contributed by atoms with Gasteiger partial charge in [-0.25, -0.2) is 9.50 Å². The first-order valence-electron chi connectivity index (χ1n) is 9.83. The van der Waals surface area contributed by atoms with Crippen LogP contribution < -0.4 is 15.8 Å². The van der Waals surface area contributed by atoms with Crippen LogP contribution in [0.1, 0.15) is 37.0 Å². The van der Waals surface area contributed by atoms with Crippen LogP contribution in [0.3, 0.4) is 0 Å². The molecule has 34 heavy (non-hydrogen) atoms. The number of hydrogen-bond acceptors (Lipinski definition) is 6. The highest BCUT2D eigenvalue weighted by atomic mass is 32.1. The number of amides is 2. The zero-order valence-corrected chi connectivity index (χ0v) is 19.0. The Labute approximate surface area is 195 Å². The summed E-state index contributed by atoms with van der Waals surface area (Å²) in [5.41, 5.74) is 5.10. The molecule has 0 unspecified atom stereocenters. The highest BCUT2D eigenvalue weighted by Crippen LogP contribution is 2.34. The summed E-state index contributed by atoms with van der Waals surface area (Å²) in [6, 6.07) is 8.37. The van der Waals surface area contributed by atoms with E-state index >= 15 is 0 Å². The van der Waals surface area contributed by atoms with E-state index in [9.17, 15) is 22.8 Å². The smallest absolute Gasteiger partial charge is 0.433 e. The van der Waals surface area contributed by atoms with Gasteiger partial charge in [0.25, 0.3) is 11.8 Å². The van der Waals surface area contributed by atoms with E-state index in [4.69, 9.17) is 10.5 Å². The van der Waals surface area contributed by atoms with Gasteiger partial charge in [0.15, 0.2) is 17.0 Å². The number of alkyl halides is 3. The monoisotopic (exact) mass is 489 g/mol. The Bertz CT molecular complexity index is 1420. The summed E-state index contributed by atoms with van der Waals surface area (Å²) in [6.07, 6.45) is -4.76. The van der Waals surface area contributed by atoms with Gasteiger partial charge in [-0.05, 0) is 49.7 Å². The highest BCUT2D eigenvalue weighted by molar-refractivity contribution is 7.16. The van der Waals surface area contributed by atoms with Gasteiger partial charge >= 0.3 is 6.18 Å². The minimum absolute atomic E-state index is 0.0508. The topological polar surface area (TPSA) is 112 Å². The number of nitrogens with two attached hydrogens (primary N) is 1. The van der Waals surface area contributed by atoms with Crippen LogP contribution in [0.4, 0.5) is 18.2 Å². The molecule has 0 bridgehead atoms. The summed E-state index contributed by atoms with van der Waals surface area (Å²) in [4.78, 5) is 29.6. The maximum absolute atomic E-state index is 13.8. The number of benzene rings is 1. The van der Waals surface area contributed by atoms with Gasteiger partial charge < -0.3 is 15.8 Å². The predicted octanol–water partition coefficient (Wildman–Crippen LogP) is 4.45. The van der Waals surface area contributed by atoms with Crippen molar-refractivity contribution in [3.8, 4) is 17.0 Å². The number of thiophene rings is 1. The number of anilines is 1. The molecule has 0 spiro atoms. The third-order valence-corrected chi connectivity index (χ3v) is 6.32. The van der Waals surface area contributed by atoms with E-state index in [0.29, 0.717) is 21.4 Å². The number of nitrogens with one attached hydrogen (secondary N) is 1. The maximum atomic E-state index is 13.8. The number of carbonyl (C=O) groups excluding carboxylic acids is 2. The van der Waals surface area contributed by atoms with Crippen LogP contribution in [0.15, 0.2) is 36.4 Å². The van der Waals surface area contributed by atoms with E-state index < -0.39 is 23.7 Å². The second-order valence-corrected chi connectivity index (χ2v) is 8.58. The average molecular weight is 489 g/mol. The van der Waals surface area contributed by atoms with E-state index in [2.05, 4.69) is 15.4 Å². The number of fused-ring (bicyclic) bond motifs is 1. The van der Waals surface area contributed by atoms with Crippen molar-refractivity contribution in [2.75, 3.05) is 12.4 Å². The highest BCUT2D eigenvalue weighted by Gasteiger charge is 2.36. The Morgan fingerprint density at radius 3 is 2.41 bits per heavy atom. The van der Waals surface area contributed by atoms with E-state index in [1.165, 1.54) is 7.11 Å². The molecular weight excluding hydrogens is 471 g/mol. The van der Waals surface area contributed by atoms with Crippen molar-refractivity contribution in [1.29, 1.82) is 0 Å². The molecule has 4 rings (SSSR count). The number of aryl methyl sites for hydroxylation is 1. The van der Waals surface area contributed by atoms with Crippen LogP contribution in [0.25, 0.3) is 16.9 Å². The summed E-state index contributed by atoms with van der Waals surface area (Å²) in [7, 11) is 1.48. The first-order chi connectivity index (χ1) is 16.0. The molecule has 0 saturated heterocycles. The van der Waals surface area contributed by atoms with Crippen LogP contribution in [0.5, 0.6) is 5.75 Å². The Kier molecular flexibility index (Phi) is 5.77. The van der Waals surface area contributed by atoms with Gasteiger partial charge in [0.1, 0.15) is 10.8 Å². The molecule has 0 atom stereocenters. The third-order valence-electron chi connectivity index (χ3n) is 5.19. The van der Waals surface area contributed by atoms with E-state index in [1.54, 1.807) is 38.1 Å². The second-order valence-electron chi connectivity index (χ2n) is 7.36. The molecule has 0 aliphatic heterocycles. The van der Waals surface area contributed by atoms with Crippen LogP contribution in [-0.4, -0.2) is 33.5 Å². The lowest BCUT2D eigenvalue weighted by Crippen LogP contribution is -2.18. The van der Waals surface area contributed by atoms with E-state index in [-0.39, 0.29) is 27.6 Å². The molecule has 1 aromatic carbocycles. The molecule has 0 aliphatic carbocycles. The van der Waals surface area contributed by atoms with Gasteiger partial charge in [-0.1, -0.05) is 0 Å². The number of carbonyl (C=O) groups is 2. The van der Waals surface area contributed by atoms with Crippen molar-refractivity contribution >= 4 is 33.8 Å². The van der Waals surface area contributed by atoms with Gasteiger partial charge in [0.2, 0.25) is 0 Å². The molecule has 12 heteroatoms. The summed E-state index contributed by atoms with van der Waals surface area (Å²) in [5, 5.41) is 6.56. The lowest BCUT2D eigenvalue weighted by atomic mass is 10.1. The predicted molar refractivity (Wildman–Crippen MR) is 120 cm³/mol. The van der Waals surface area contributed by atoms with Gasteiger partial charge in [-0.3, -0.25) is 9.59 Å². The molecule has 0 saturated carbocycles. The lowest BCUT2D eigenvalue weighted by molar-refractivity contribution is -0.142. The van der Waals surface area contributed by atoms with Gasteiger partial charge in [0, 0.05) is 16.5 Å². The average Bonchev–Trinajstić information content (AvgIpc) is 3.33. The number of primary amides is 1. The lowest BCUT2D eigenvalue weighted by Gasteiger charge is -2.11. The number of nitrogens with zero attached hydrogens (tertiary/aromatic N) is 3. The van der Waals surface area contributed by atoms with Crippen LogP contribution >= 0.6 is 11.3 Å². The Morgan fingerprint density at radius 1 is 1.15 bits per heavy atom. The largest absolute Gasteiger partial charge is 0.497 e. The molecule has 0 fully saturated rings. The van der Waals surface area contributed by atoms with E-state index in [1.807, 2.05) is 0 Å². The fourth-order valence-electron chi connectivity index (χ4n) is 3.38. The number of rotatable bonds is 5. The van der Waals surface area contributed by atoms with Crippen LogP contribution in [0.2, 0.25) is 0 Å². The van der Waals surface area contributed by atoms with Crippen molar-refractivity contribution in [2.45, 2.75) is 20.0 Å². The zero-order valence-electron chi connectivity index (χ0n) is 18.1. The molecule has 2 amide bonds.